The van der Waals surface area contributed by atoms with Crippen molar-refractivity contribution in [3.8, 4) is 5.75 Å². The first-order valence-corrected chi connectivity index (χ1v) is 8.22. The standard InChI is InChI=1S/C18H30N2O/c1-13(2)16-9-10-20(12-16)18(11-19)15-5-7-17(8-6-15)21-14(3)4/h5-8,13-14,16,18H,9-12,19H2,1-4H3. The first kappa shape index (κ1) is 16.3. The van der Waals surface area contributed by atoms with Crippen molar-refractivity contribution in [3.05, 3.63) is 29.8 Å². The van der Waals surface area contributed by atoms with Crippen LogP contribution in [0.3, 0.4) is 0 Å². The summed E-state index contributed by atoms with van der Waals surface area (Å²) in [6.45, 7) is 11.8. The van der Waals surface area contributed by atoms with Crippen molar-refractivity contribution in [2.24, 2.45) is 17.6 Å². The predicted octanol–water partition coefficient (Wildman–Crippen LogP) is 3.45. The fraction of sp³-hybridized carbons (Fsp3) is 0.667. The quantitative estimate of drug-likeness (QED) is 0.872. The molecule has 0 aliphatic carbocycles. The highest BCUT2D eigenvalue weighted by atomic mass is 16.5. The molecule has 1 aromatic carbocycles. The van der Waals surface area contributed by atoms with E-state index in [2.05, 4.69) is 43.0 Å². The van der Waals surface area contributed by atoms with Gasteiger partial charge in [0.15, 0.2) is 0 Å². The third-order valence-corrected chi connectivity index (χ3v) is 4.50. The van der Waals surface area contributed by atoms with Gasteiger partial charge < -0.3 is 10.5 Å². The van der Waals surface area contributed by atoms with E-state index < -0.39 is 0 Å². The van der Waals surface area contributed by atoms with E-state index in [0.717, 1.165) is 24.1 Å². The van der Waals surface area contributed by atoms with Crippen molar-refractivity contribution in [1.29, 1.82) is 0 Å². The molecule has 1 aliphatic rings. The molecule has 21 heavy (non-hydrogen) atoms. The van der Waals surface area contributed by atoms with Crippen LogP contribution in [0.5, 0.6) is 5.75 Å². The first-order chi connectivity index (χ1) is 10.0. The summed E-state index contributed by atoms with van der Waals surface area (Å²) >= 11 is 0. The Hall–Kier alpha value is -1.06. The minimum Gasteiger partial charge on any atom is -0.491 e. The first-order valence-electron chi connectivity index (χ1n) is 8.22. The fourth-order valence-corrected chi connectivity index (χ4v) is 3.18. The maximum atomic E-state index is 6.05. The van der Waals surface area contributed by atoms with Crippen molar-refractivity contribution in [2.75, 3.05) is 19.6 Å². The monoisotopic (exact) mass is 290 g/mol. The molecule has 2 N–H and O–H groups in total. The van der Waals surface area contributed by atoms with E-state index in [1.165, 1.54) is 18.5 Å². The number of rotatable bonds is 6. The lowest BCUT2D eigenvalue weighted by atomic mass is 9.95. The van der Waals surface area contributed by atoms with Gasteiger partial charge in [-0.25, -0.2) is 0 Å². The van der Waals surface area contributed by atoms with Crippen molar-refractivity contribution < 1.29 is 4.74 Å². The van der Waals surface area contributed by atoms with Crippen molar-refractivity contribution in [1.82, 2.24) is 4.90 Å². The lowest BCUT2D eigenvalue weighted by molar-refractivity contribution is 0.230. The van der Waals surface area contributed by atoms with Crippen LogP contribution in [0.2, 0.25) is 0 Å². The summed E-state index contributed by atoms with van der Waals surface area (Å²) in [5.74, 6) is 2.50. The molecule has 1 saturated heterocycles. The van der Waals surface area contributed by atoms with Crippen LogP contribution in [0.1, 0.15) is 45.7 Å². The zero-order chi connectivity index (χ0) is 15.4. The summed E-state index contributed by atoms with van der Waals surface area (Å²) in [7, 11) is 0. The lowest BCUT2D eigenvalue weighted by Crippen LogP contribution is -2.32. The second-order valence-corrected chi connectivity index (χ2v) is 6.77. The van der Waals surface area contributed by atoms with Gasteiger partial charge in [-0.1, -0.05) is 26.0 Å². The van der Waals surface area contributed by atoms with Gasteiger partial charge in [-0.15, -0.1) is 0 Å². The topological polar surface area (TPSA) is 38.5 Å². The Morgan fingerprint density at radius 2 is 1.86 bits per heavy atom. The van der Waals surface area contributed by atoms with Crippen molar-refractivity contribution in [3.63, 3.8) is 0 Å². The van der Waals surface area contributed by atoms with Gasteiger partial charge in [-0.3, -0.25) is 4.90 Å². The third-order valence-electron chi connectivity index (χ3n) is 4.50. The van der Waals surface area contributed by atoms with E-state index in [1.807, 2.05) is 13.8 Å². The molecule has 0 radical (unpaired) electrons. The Morgan fingerprint density at radius 3 is 2.33 bits per heavy atom. The van der Waals surface area contributed by atoms with Crippen LogP contribution in [-0.2, 0) is 0 Å². The smallest absolute Gasteiger partial charge is 0.119 e. The third kappa shape index (κ3) is 4.21. The molecule has 0 spiro atoms. The van der Waals surface area contributed by atoms with Gasteiger partial charge in [0.05, 0.1) is 6.10 Å². The fourth-order valence-electron chi connectivity index (χ4n) is 3.18. The minimum atomic E-state index is 0.214. The molecule has 2 atom stereocenters. The predicted molar refractivity (Wildman–Crippen MR) is 88.5 cm³/mol. The van der Waals surface area contributed by atoms with E-state index in [4.69, 9.17) is 10.5 Å². The molecule has 3 heteroatoms. The Labute approximate surface area is 129 Å². The molecule has 3 nitrogen and oxygen atoms in total. The van der Waals surface area contributed by atoms with Gasteiger partial charge >= 0.3 is 0 Å². The molecule has 1 aliphatic heterocycles. The number of nitrogens with two attached hydrogens (primary N) is 1. The highest BCUT2D eigenvalue weighted by Crippen LogP contribution is 2.31. The molecule has 0 saturated carbocycles. The number of likely N-dealkylation sites (tertiary alicyclic amines) is 1. The summed E-state index contributed by atoms with van der Waals surface area (Å²) in [5, 5.41) is 0. The summed E-state index contributed by atoms with van der Waals surface area (Å²) < 4.78 is 5.71. The van der Waals surface area contributed by atoms with E-state index in [-0.39, 0.29) is 6.10 Å². The van der Waals surface area contributed by atoms with E-state index in [9.17, 15) is 0 Å². The van der Waals surface area contributed by atoms with Crippen LogP contribution in [0.25, 0.3) is 0 Å². The second-order valence-electron chi connectivity index (χ2n) is 6.77. The summed E-state index contributed by atoms with van der Waals surface area (Å²) in [4.78, 5) is 2.54. The van der Waals surface area contributed by atoms with Gasteiger partial charge in [0, 0.05) is 19.1 Å². The molecule has 1 fully saturated rings. The average Bonchev–Trinajstić information content (AvgIpc) is 2.91. The Balaban J connectivity index is 2.04. The largest absolute Gasteiger partial charge is 0.491 e. The second kappa shape index (κ2) is 7.28. The maximum Gasteiger partial charge on any atom is 0.119 e. The molecule has 0 aromatic heterocycles. The van der Waals surface area contributed by atoms with Gasteiger partial charge in [-0.05, 0) is 56.3 Å². The normalized spacial score (nSPS) is 21.2. The molecular weight excluding hydrogens is 260 g/mol. The molecule has 1 heterocycles. The maximum absolute atomic E-state index is 6.05. The van der Waals surface area contributed by atoms with E-state index in [1.54, 1.807) is 0 Å². The summed E-state index contributed by atoms with van der Waals surface area (Å²) in [6.07, 6.45) is 1.51. The summed E-state index contributed by atoms with van der Waals surface area (Å²) in [6, 6.07) is 8.79. The van der Waals surface area contributed by atoms with Crippen molar-refractivity contribution in [2.45, 2.75) is 46.3 Å². The zero-order valence-electron chi connectivity index (χ0n) is 13.9. The van der Waals surface area contributed by atoms with Gasteiger partial charge in [0.25, 0.3) is 0 Å². The molecule has 2 rings (SSSR count). The average molecular weight is 290 g/mol. The van der Waals surface area contributed by atoms with E-state index in [0.29, 0.717) is 12.6 Å². The van der Waals surface area contributed by atoms with Crippen LogP contribution in [0.4, 0.5) is 0 Å². The summed E-state index contributed by atoms with van der Waals surface area (Å²) in [5.41, 5.74) is 7.36. The molecule has 118 valence electrons. The van der Waals surface area contributed by atoms with E-state index >= 15 is 0 Å². The highest BCUT2D eigenvalue weighted by molar-refractivity contribution is 5.29. The highest BCUT2D eigenvalue weighted by Gasteiger charge is 2.29. The lowest BCUT2D eigenvalue weighted by Gasteiger charge is -2.28. The van der Waals surface area contributed by atoms with Crippen LogP contribution in [0, 0.1) is 11.8 Å². The number of hydrogen-bond donors (Lipinski definition) is 1. The van der Waals surface area contributed by atoms with Crippen molar-refractivity contribution >= 4 is 0 Å². The Kier molecular flexibility index (Phi) is 5.65. The van der Waals surface area contributed by atoms with Gasteiger partial charge in [-0.2, -0.15) is 0 Å². The molecule has 0 amide bonds. The minimum absolute atomic E-state index is 0.214. The molecule has 0 bridgehead atoms. The van der Waals surface area contributed by atoms with Gasteiger partial charge in [0.2, 0.25) is 0 Å². The van der Waals surface area contributed by atoms with Gasteiger partial charge in [0.1, 0.15) is 5.75 Å². The van der Waals surface area contributed by atoms with Crippen LogP contribution < -0.4 is 10.5 Å². The van der Waals surface area contributed by atoms with Crippen LogP contribution >= 0.6 is 0 Å². The van der Waals surface area contributed by atoms with Crippen LogP contribution in [0.15, 0.2) is 24.3 Å². The number of ether oxygens (including phenoxy) is 1. The van der Waals surface area contributed by atoms with Crippen LogP contribution in [-0.4, -0.2) is 30.6 Å². The number of benzene rings is 1. The SMILES string of the molecule is CC(C)Oc1ccc(C(CN)N2CCC(C(C)C)C2)cc1. The Morgan fingerprint density at radius 1 is 1.19 bits per heavy atom. The zero-order valence-corrected chi connectivity index (χ0v) is 13.9. The molecular formula is C18H30N2O. The number of nitrogens with zero attached hydrogens (tertiary/aromatic N) is 1. The molecule has 2 unspecified atom stereocenters. The Bertz CT molecular complexity index is 427. The molecule has 1 aromatic rings. The number of hydrogen-bond acceptors (Lipinski definition) is 3.